The molecule has 0 saturated carbocycles. The molecule has 0 aromatic rings. The Morgan fingerprint density at radius 3 is 1.33 bits per heavy atom. The van der Waals surface area contributed by atoms with E-state index in [1.165, 1.54) is 0 Å². The predicted molar refractivity (Wildman–Crippen MR) is 19.2 cm³/mol. The summed E-state index contributed by atoms with van der Waals surface area (Å²) in [6, 6.07) is 0. The molecule has 0 aliphatic rings. The molecule has 0 bridgehead atoms. The van der Waals surface area contributed by atoms with Crippen molar-refractivity contribution in [1.82, 2.24) is 0 Å². The summed E-state index contributed by atoms with van der Waals surface area (Å²) in [5.41, 5.74) is 0. The van der Waals surface area contributed by atoms with Gasteiger partial charge < -0.3 is 19.8 Å². The molecule has 5 heteroatoms. The maximum Gasteiger partial charge on any atom is 2.00 e. The molecule has 0 aromatic heterocycles. The van der Waals surface area contributed by atoms with Crippen LogP contribution in [-0.4, -0.2) is 11.9 Å². The number of hydrogen-bond acceptors (Lipinski definition) is 4. The van der Waals surface area contributed by atoms with Crippen LogP contribution in [0.25, 0.3) is 0 Å². The first-order valence-corrected chi connectivity index (χ1v) is 2.02. The molecule has 0 amide bonds. The Balaban J connectivity index is 0. The van der Waals surface area contributed by atoms with Crippen LogP contribution in [0.4, 0.5) is 0 Å². The normalized spacial score (nSPS) is 7.56. The van der Waals surface area contributed by atoms with E-state index in [1.807, 2.05) is 0 Å². The molecule has 0 aliphatic heterocycles. The zero-order valence-electron chi connectivity index (χ0n) is 4.55. The van der Waals surface area contributed by atoms with Crippen LogP contribution in [-0.2, 0) is 9.59 Å². The first-order valence-electron chi connectivity index (χ1n) is 2.02. The van der Waals surface area contributed by atoms with Crippen molar-refractivity contribution >= 4 is 11.9 Å². The summed E-state index contributed by atoms with van der Waals surface area (Å²) in [6.07, 6.45) is -0.940. The molecule has 0 radical (unpaired) electrons. The Morgan fingerprint density at radius 2 is 1.22 bits per heavy atom. The van der Waals surface area contributed by atoms with Crippen molar-refractivity contribution in [3.05, 3.63) is 0 Å². The maximum absolute atomic E-state index is 9.50. The molecule has 0 fully saturated rings. The van der Waals surface area contributed by atoms with Gasteiger partial charge in [0.15, 0.2) is 0 Å². The monoisotopic (exact) mass is 348 g/mol. The van der Waals surface area contributed by atoms with Crippen LogP contribution < -0.4 is 10.2 Å². The van der Waals surface area contributed by atoms with Gasteiger partial charge in [0.05, 0.1) is 0 Å². The van der Waals surface area contributed by atoms with E-state index in [2.05, 4.69) is 0 Å². The molecular weight excluding hydrogens is 344 g/mol. The van der Waals surface area contributed by atoms with Crippen LogP contribution in [0.3, 0.4) is 0 Å². The van der Waals surface area contributed by atoms with E-state index in [0.717, 1.165) is 0 Å². The Kier molecular flexibility index (Phi) is 8.51. The fourth-order valence-corrected chi connectivity index (χ4v) is 0.204. The molecule has 0 heterocycles. The smallest absolute Gasteiger partial charge is 0.550 e. The molecule has 0 atom stereocenters. The van der Waals surface area contributed by atoms with E-state index >= 15 is 0 Å². The zero-order chi connectivity index (χ0) is 6.57. The van der Waals surface area contributed by atoms with Crippen molar-refractivity contribution in [2.24, 2.45) is 0 Å². The van der Waals surface area contributed by atoms with Crippen molar-refractivity contribution in [3.63, 3.8) is 0 Å². The minimum atomic E-state index is -1.37. The Morgan fingerprint density at radius 1 is 1.00 bits per heavy atom. The number of carbonyl (C=O) groups excluding carboxylic acids is 2. The summed E-state index contributed by atoms with van der Waals surface area (Å²) in [4.78, 5) is 19.0. The van der Waals surface area contributed by atoms with Gasteiger partial charge >= 0.3 is 39.9 Å². The molecular formula is C4H4O4Th. The molecule has 0 N–H and O–H groups in total. The maximum atomic E-state index is 9.50. The Hall–Kier alpha value is 0.265. The van der Waals surface area contributed by atoms with Crippen LogP contribution in [0.2, 0.25) is 0 Å². The van der Waals surface area contributed by atoms with E-state index < -0.39 is 24.8 Å². The van der Waals surface area contributed by atoms with Crippen LogP contribution in [0.5, 0.6) is 0 Å². The Bertz CT molecular complexity index is 97.1. The van der Waals surface area contributed by atoms with Crippen LogP contribution in [0.1, 0.15) is 12.8 Å². The molecule has 0 saturated heterocycles. The van der Waals surface area contributed by atoms with Crippen LogP contribution >= 0.6 is 0 Å². The number of carboxylic acid groups (broad SMARTS) is 2. The van der Waals surface area contributed by atoms with Gasteiger partial charge in [0, 0.05) is 11.9 Å². The molecule has 48 valence electrons. The van der Waals surface area contributed by atoms with Crippen molar-refractivity contribution < 1.29 is 59.7 Å². The largest absolute Gasteiger partial charge is 2.00 e. The van der Waals surface area contributed by atoms with Gasteiger partial charge in [-0.2, -0.15) is 0 Å². The second-order valence-corrected chi connectivity index (χ2v) is 1.24. The SMILES string of the molecule is O=C([O-])CCC(=O)[O-].[Th+2]. The fraction of sp³-hybridized carbons (Fsp3) is 0.500. The zero-order valence-corrected chi connectivity index (χ0v) is 8.66. The van der Waals surface area contributed by atoms with Gasteiger partial charge in [0.25, 0.3) is 0 Å². The second kappa shape index (κ2) is 6.39. The third-order valence-electron chi connectivity index (χ3n) is 0.533. The third-order valence-corrected chi connectivity index (χ3v) is 0.533. The average molecular weight is 348 g/mol. The first kappa shape index (κ1) is 12.0. The molecule has 0 aliphatic carbocycles. The standard InChI is InChI=1S/C4H6O4.Th/c5-3(6)1-2-4(7)8;/h1-2H2,(H,5,6)(H,7,8);/q;+2/p-2. The van der Waals surface area contributed by atoms with Gasteiger partial charge in [-0.15, -0.1) is 0 Å². The van der Waals surface area contributed by atoms with E-state index in [-0.39, 0.29) is 39.9 Å². The van der Waals surface area contributed by atoms with E-state index in [4.69, 9.17) is 0 Å². The van der Waals surface area contributed by atoms with Crippen molar-refractivity contribution in [1.29, 1.82) is 0 Å². The molecule has 0 rings (SSSR count). The van der Waals surface area contributed by atoms with Gasteiger partial charge in [-0.25, -0.2) is 0 Å². The van der Waals surface area contributed by atoms with Gasteiger partial charge in [0.1, 0.15) is 0 Å². The number of aliphatic carboxylic acids is 2. The second-order valence-electron chi connectivity index (χ2n) is 1.24. The molecule has 0 aromatic carbocycles. The van der Waals surface area contributed by atoms with Crippen molar-refractivity contribution in [3.8, 4) is 0 Å². The first-order chi connectivity index (χ1) is 3.63. The number of rotatable bonds is 3. The average Bonchev–Trinajstić information content (AvgIpc) is 1.61. The Labute approximate surface area is 83.9 Å². The summed E-state index contributed by atoms with van der Waals surface area (Å²) >= 11 is 0. The summed E-state index contributed by atoms with van der Waals surface area (Å²) in [5.74, 6) is -2.73. The molecule has 4 nitrogen and oxygen atoms in total. The topological polar surface area (TPSA) is 80.3 Å². The summed E-state index contributed by atoms with van der Waals surface area (Å²) in [7, 11) is 0. The minimum absolute atomic E-state index is 0. The van der Waals surface area contributed by atoms with Gasteiger partial charge in [-0.1, -0.05) is 0 Å². The van der Waals surface area contributed by atoms with E-state index in [9.17, 15) is 19.8 Å². The summed E-state index contributed by atoms with van der Waals surface area (Å²) in [5, 5.41) is 19.0. The van der Waals surface area contributed by atoms with Crippen molar-refractivity contribution in [2.45, 2.75) is 12.8 Å². The molecule has 0 unspecified atom stereocenters. The van der Waals surface area contributed by atoms with Crippen LogP contribution in [0.15, 0.2) is 0 Å². The molecule has 0 spiro atoms. The minimum Gasteiger partial charge on any atom is -0.550 e. The molecule has 9 heavy (non-hydrogen) atoms. The summed E-state index contributed by atoms with van der Waals surface area (Å²) < 4.78 is 0. The third kappa shape index (κ3) is 11.7. The number of carbonyl (C=O) groups is 2. The number of hydrogen-bond donors (Lipinski definition) is 0. The van der Waals surface area contributed by atoms with E-state index in [1.54, 1.807) is 0 Å². The van der Waals surface area contributed by atoms with Gasteiger partial charge in [-0.3, -0.25) is 0 Å². The van der Waals surface area contributed by atoms with Crippen molar-refractivity contribution in [2.75, 3.05) is 0 Å². The quantitative estimate of drug-likeness (QED) is 0.555. The fourth-order valence-electron chi connectivity index (χ4n) is 0.204. The van der Waals surface area contributed by atoms with Gasteiger partial charge in [-0.05, 0) is 12.8 Å². The predicted octanol–water partition coefficient (Wildman–Crippen LogP) is -2.73. The van der Waals surface area contributed by atoms with Gasteiger partial charge in [0.2, 0.25) is 0 Å². The van der Waals surface area contributed by atoms with E-state index in [0.29, 0.717) is 0 Å². The number of carboxylic acids is 2. The van der Waals surface area contributed by atoms with Crippen LogP contribution in [0, 0.1) is 39.9 Å². The summed E-state index contributed by atoms with van der Waals surface area (Å²) in [6.45, 7) is 0.